The summed E-state index contributed by atoms with van der Waals surface area (Å²) in [5, 5.41) is 0. The first-order valence-electron chi connectivity index (χ1n) is 5.48. The van der Waals surface area contributed by atoms with Crippen molar-refractivity contribution < 1.29 is 9.53 Å². The van der Waals surface area contributed by atoms with Crippen molar-refractivity contribution in [3.8, 4) is 0 Å². The Balaban J connectivity index is 2.54. The molecule has 0 unspecified atom stereocenters. The second-order valence-electron chi connectivity index (χ2n) is 4.31. The molecule has 3 atom stereocenters. The molecule has 0 bridgehead atoms. The van der Waals surface area contributed by atoms with Gasteiger partial charge in [-0.3, -0.25) is 4.79 Å². The highest BCUT2D eigenvalue weighted by Gasteiger charge is 2.27. The molecule has 0 aromatic heterocycles. The van der Waals surface area contributed by atoms with Crippen LogP contribution in [0.25, 0.3) is 0 Å². The Morgan fingerprint density at radius 3 is 2.36 bits per heavy atom. The van der Waals surface area contributed by atoms with Gasteiger partial charge >= 0.3 is 0 Å². The van der Waals surface area contributed by atoms with Gasteiger partial charge in [0.15, 0.2) is 0 Å². The fraction of sp³-hybridized carbons (Fsp3) is 0.909. The largest absolute Gasteiger partial charge is 0.372 e. The Hall–Kier alpha value is -0.570. The van der Waals surface area contributed by atoms with E-state index in [9.17, 15) is 4.79 Å². The highest BCUT2D eigenvalue weighted by molar-refractivity contribution is 5.78. The van der Waals surface area contributed by atoms with Crippen molar-refractivity contribution >= 4 is 5.91 Å². The maximum Gasteiger partial charge on any atom is 0.225 e. The van der Waals surface area contributed by atoms with Crippen LogP contribution >= 0.6 is 0 Å². The van der Waals surface area contributed by atoms with Gasteiger partial charge in [-0.2, -0.15) is 0 Å². The van der Waals surface area contributed by atoms with E-state index >= 15 is 0 Å². The lowest BCUT2D eigenvalue weighted by Gasteiger charge is -2.36. The quantitative estimate of drug-likeness (QED) is 0.677. The first-order valence-corrected chi connectivity index (χ1v) is 5.48. The molecule has 1 heterocycles. The van der Waals surface area contributed by atoms with Gasteiger partial charge in [0.2, 0.25) is 5.91 Å². The number of carbonyl (C=O) groups is 1. The molecule has 3 heteroatoms. The van der Waals surface area contributed by atoms with Gasteiger partial charge in [0, 0.05) is 19.0 Å². The summed E-state index contributed by atoms with van der Waals surface area (Å²) in [6.45, 7) is 9.57. The van der Waals surface area contributed by atoms with Crippen molar-refractivity contribution in [2.75, 3.05) is 13.1 Å². The van der Waals surface area contributed by atoms with Crippen LogP contribution in [0.1, 0.15) is 34.1 Å². The minimum Gasteiger partial charge on any atom is -0.372 e. The normalized spacial score (nSPS) is 30.1. The van der Waals surface area contributed by atoms with Crippen LogP contribution in [0.4, 0.5) is 0 Å². The topological polar surface area (TPSA) is 29.5 Å². The fourth-order valence-electron chi connectivity index (χ4n) is 1.84. The van der Waals surface area contributed by atoms with Gasteiger partial charge in [-0.1, -0.05) is 13.8 Å². The molecule has 14 heavy (non-hydrogen) atoms. The maximum atomic E-state index is 11.9. The van der Waals surface area contributed by atoms with Crippen molar-refractivity contribution in [1.29, 1.82) is 0 Å². The van der Waals surface area contributed by atoms with Crippen molar-refractivity contribution in [2.24, 2.45) is 5.92 Å². The number of morpholine rings is 1. The Morgan fingerprint density at radius 2 is 1.93 bits per heavy atom. The number of nitrogens with zero attached hydrogens (tertiary/aromatic N) is 1. The summed E-state index contributed by atoms with van der Waals surface area (Å²) in [6.07, 6.45) is 1.26. The van der Waals surface area contributed by atoms with Gasteiger partial charge in [0.25, 0.3) is 0 Å². The highest BCUT2D eigenvalue weighted by atomic mass is 16.5. The van der Waals surface area contributed by atoms with Crippen LogP contribution in [0, 0.1) is 5.92 Å². The highest BCUT2D eigenvalue weighted by Crippen LogP contribution is 2.14. The van der Waals surface area contributed by atoms with Gasteiger partial charge < -0.3 is 9.64 Å². The number of hydrogen-bond donors (Lipinski definition) is 0. The first-order chi connectivity index (χ1) is 6.54. The average molecular weight is 199 g/mol. The van der Waals surface area contributed by atoms with E-state index in [0.29, 0.717) is 0 Å². The van der Waals surface area contributed by atoms with E-state index in [1.54, 1.807) is 0 Å². The molecular formula is C11H21NO2. The third-order valence-electron chi connectivity index (χ3n) is 2.77. The van der Waals surface area contributed by atoms with E-state index < -0.39 is 0 Å². The van der Waals surface area contributed by atoms with Gasteiger partial charge in [-0.15, -0.1) is 0 Å². The minimum atomic E-state index is 0.146. The fourth-order valence-corrected chi connectivity index (χ4v) is 1.84. The molecule has 1 aliphatic rings. The Morgan fingerprint density at radius 1 is 1.43 bits per heavy atom. The summed E-state index contributed by atoms with van der Waals surface area (Å²) in [7, 11) is 0. The summed E-state index contributed by atoms with van der Waals surface area (Å²) in [6, 6.07) is 0. The number of rotatable bonds is 2. The monoisotopic (exact) mass is 199 g/mol. The molecule has 1 saturated heterocycles. The van der Waals surface area contributed by atoms with Crippen molar-refractivity contribution in [3.63, 3.8) is 0 Å². The Bertz CT molecular complexity index is 195. The van der Waals surface area contributed by atoms with Crippen molar-refractivity contribution in [3.05, 3.63) is 0 Å². The number of ether oxygens (including phenoxy) is 1. The van der Waals surface area contributed by atoms with Crippen LogP contribution in [0.5, 0.6) is 0 Å². The van der Waals surface area contributed by atoms with Gasteiger partial charge in [-0.25, -0.2) is 0 Å². The average Bonchev–Trinajstić information content (AvgIpc) is 2.14. The summed E-state index contributed by atoms with van der Waals surface area (Å²) < 4.78 is 5.59. The zero-order valence-corrected chi connectivity index (χ0v) is 9.62. The Labute approximate surface area is 86.4 Å². The molecule has 1 rings (SSSR count). The molecule has 0 aromatic carbocycles. The van der Waals surface area contributed by atoms with Gasteiger partial charge in [0.05, 0.1) is 12.2 Å². The number of carbonyl (C=O) groups excluding carboxylic acids is 1. The molecule has 3 nitrogen and oxygen atoms in total. The van der Waals surface area contributed by atoms with E-state index in [0.717, 1.165) is 19.5 Å². The molecule has 1 fully saturated rings. The van der Waals surface area contributed by atoms with E-state index in [1.165, 1.54) is 0 Å². The lowest BCUT2D eigenvalue weighted by Crippen LogP contribution is -2.49. The van der Waals surface area contributed by atoms with Crippen LogP contribution < -0.4 is 0 Å². The van der Waals surface area contributed by atoms with E-state index in [4.69, 9.17) is 4.74 Å². The van der Waals surface area contributed by atoms with Gasteiger partial charge in [0.1, 0.15) is 0 Å². The zero-order chi connectivity index (χ0) is 10.7. The van der Waals surface area contributed by atoms with E-state index in [-0.39, 0.29) is 24.0 Å². The van der Waals surface area contributed by atoms with Crippen molar-refractivity contribution in [1.82, 2.24) is 4.90 Å². The van der Waals surface area contributed by atoms with Crippen molar-refractivity contribution in [2.45, 2.75) is 46.3 Å². The lowest BCUT2D eigenvalue weighted by molar-refractivity contribution is -0.147. The summed E-state index contributed by atoms with van der Waals surface area (Å²) in [5.41, 5.74) is 0. The summed E-state index contributed by atoms with van der Waals surface area (Å²) in [4.78, 5) is 13.8. The first kappa shape index (κ1) is 11.5. The number of amides is 1. The summed E-state index contributed by atoms with van der Waals surface area (Å²) >= 11 is 0. The molecule has 1 amide bonds. The standard InChI is InChI=1S/C11H21NO2/c1-5-8(2)11(13)12-6-9(3)14-10(4)7-12/h8-10H,5-7H2,1-4H3/t8-,9+,10+/m1/s1. The third-order valence-corrected chi connectivity index (χ3v) is 2.77. The molecule has 1 aliphatic heterocycles. The predicted molar refractivity (Wildman–Crippen MR) is 56.0 cm³/mol. The van der Waals surface area contributed by atoms with Crippen LogP contribution in [0.15, 0.2) is 0 Å². The number of hydrogen-bond acceptors (Lipinski definition) is 2. The molecule has 0 radical (unpaired) electrons. The molecular weight excluding hydrogens is 178 g/mol. The smallest absolute Gasteiger partial charge is 0.225 e. The minimum absolute atomic E-state index is 0.146. The molecule has 0 spiro atoms. The predicted octanol–water partition coefficient (Wildman–Crippen LogP) is 1.67. The second-order valence-corrected chi connectivity index (χ2v) is 4.31. The van der Waals surface area contributed by atoms with Crippen LogP contribution in [-0.2, 0) is 9.53 Å². The van der Waals surface area contributed by atoms with Crippen LogP contribution in [0.3, 0.4) is 0 Å². The molecule has 82 valence electrons. The maximum absolute atomic E-state index is 11.9. The van der Waals surface area contributed by atoms with Gasteiger partial charge in [-0.05, 0) is 20.3 Å². The third kappa shape index (κ3) is 2.71. The summed E-state index contributed by atoms with van der Waals surface area (Å²) in [5.74, 6) is 0.419. The lowest BCUT2D eigenvalue weighted by atomic mass is 10.1. The Kier molecular flexibility index (Phi) is 3.93. The molecule has 0 aromatic rings. The SMILES string of the molecule is CC[C@@H](C)C(=O)N1C[C@H](C)O[C@@H](C)C1. The molecule has 0 N–H and O–H groups in total. The zero-order valence-electron chi connectivity index (χ0n) is 9.62. The second kappa shape index (κ2) is 4.78. The molecule has 0 aliphatic carbocycles. The van der Waals surface area contributed by atoms with E-state index in [1.807, 2.05) is 25.7 Å². The van der Waals surface area contributed by atoms with Crippen LogP contribution in [-0.4, -0.2) is 36.1 Å². The molecule has 0 saturated carbocycles. The van der Waals surface area contributed by atoms with Crippen LogP contribution in [0.2, 0.25) is 0 Å². The van der Waals surface area contributed by atoms with E-state index in [2.05, 4.69) is 6.92 Å².